The van der Waals surface area contributed by atoms with Crippen LogP contribution in [0.15, 0.2) is 36.5 Å². The summed E-state index contributed by atoms with van der Waals surface area (Å²) in [4.78, 5) is 0. The summed E-state index contributed by atoms with van der Waals surface area (Å²) in [6.45, 7) is 0. The first-order chi connectivity index (χ1) is 6.25. The largest absolute Gasteiger partial charge is 0.492 e. The Morgan fingerprint density at radius 3 is 2.38 bits per heavy atom. The van der Waals surface area contributed by atoms with Crippen LogP contribution in [0.3, 0.4) is 0 Å². The van der Waals surface area contributed by atoms with Crippen molar-refractivity contribution >= 4 is 0 Å². The van der Waals surface area contributed by atoms with Crippen molar-refractivity contribution in [1.82, 2.24) is 9.78 Å². The summed E-state index contributed by atoms with van der Waals surface area (Å²) in [5.74, 6) is -0.343. The Morgan fingerprint density at radius 2 is 1.85 bits per heavy atom. The SMILES string of the molecule is Oc1ccn(-c2ccc(F)cc2)n1. The Hall–Kier alpha value is -1.84. The number of rotatable bonds is 1. The minimum absolute atomic E-state index is 0.0516. The molecule has 0 aliphatic heterocycles. The van der Waals surface area contributed by atoms with Crippen LogP contribution in [0.25, 0.3) is 5.69 Å². The molecule has 1 N–H and O–H groups in total. The van der Waals surface area contributed by atoms with E-state index in [1.54, 1.807) is 18.3 Å². The van der Waals surface area contributed by atoms with Crippen molar-refractivity contribution in [2.75, 3.05) is 0 Å². The quantitative estimate of drug-likeness (QED) is 0.721. The maximum absolute atomic E-state index is 12.5. The molecule has 0 radical (unpaired) electrons. The van der Waals surface area contributed by atoms with Crippen LogP contribution >= 0.6 is 0 Å². The third kappa shape index (κ3) is 1.51. The van der Waals surface area contributed by atoms with Crippen molar-refractivity contribution < 1.29 is 9.50 Å². The van der Waals surface area contributed by atoms with Gasteiger partial charge in [0, 0.05) is 12.3 Å². The molecule has 0 unspecified atom stereocenters. The molecule has 0 amide bonds. The van der Waals surface area contributed by atoms with E-state index < -0.39 is 0 Å². The van der Waals surface area contributed by atoms with Crippen molar-refractivity contribution in [2.24, 2.45) is 0 Å². The van der Waals surface area contributed by atoms with Gasteiger partial charge in [-0.1, -0.05) is 0 Å². The predicted molar refractivity (Wildman–Crippen MR) is 45.2 cm³/mol. The fourth-order valence-electron chi connectivity index (χ4n) is 1.05. The highest BCUT2D eigenvalue weighted by molar-refractivity contribution is 5.31. The van der Waals surface area contributed by atoms with Gasteiger partial charge in [0.2, 0.25) is 5.88 Å². The minimum atomic E-state index is -0.292. The van der Waals surface area contributed by atoms with Crippen LogP contribution in [0.1, 0.15) is 0 Å². The zero-order chi connectivity index (χ0) is 9.26. The molecule has 1 aromatic carbocycles. The third-order valence-corrected chi connectivity index (χ3v) is 1.67. The lowest BCUT2D eigenvalue weighted by Crippen LogP contribution is -1.93. The maximum atomic E-state index is 12.5. The topological polar surface area (TPSA) is 38.0 Å². The third-order valence-electron chi connectivity index (χ3n) is 1.67. The first-order valence-corrected chi connectivity index (χ1v) is 3.76. The molecule has 13 heavy (non-hydrogen) atoms. The zero-order valence-corrected chi connectivity index (χ0v) is 6.68. The van der Waals surface area contributed by atoms with Gasteiger partial charge in [-0.15, -0.1) is 5.10 Å². The highest BCUT2D eigenvalue weighted by Crippen LogP contribution is 2.10. The molecule has 0 saturated heterocycles. The van der Waals surface area contributed by atoms with Crippen molar-refractivity contribution in [3.63, 3.8) is 0 Å². The number of hydrogen-bond donors (Lipinski definition) is 1. The van der Waals surface area contributed by atoms with Crippen molar-refractivity contribution in [3.8, 4) is 11.6 Å². The van der Waals surface area contributed by atoms with Gasteiger partial charge in [-0.2, -0.15) is 0 Å². The smallest absolute Gasteiger partial charge is 0.230 e. The van der Waals surface area contributed by atoms with E-state index in [4.69, 9.17) is 5.11 Å². The van der Waals surface area contributed by atoms with Gasteiger partial charge < -0.3 is 5.11 Å². The molecule has 0 fully saturated rings. The molecule has 0 aliphatic rings. The minimum Gasteiger partial charge on any atom is -0.492 e. The average Bonchev–Trinajstić information content (AvgIpc) is 2.53. The average molecular weight is 178 g/mol. The first kappa shape index (κ1) is 7.79. The van der Waals surface area contributed by atoms with Gasteiger partial charge in [0.05, 0.1) is 5.69 Å². The summed E-state index contributed by atoms with van der Waals surface area (Å²) in [6, 6.07) is 7.31. The Morgan fingerprint density at radius 1 is 1.15 bits per heavy atom. The Kier molecular flexibility index (Phi) is 1.73. The van der Waals surface area contributed by atoms with E-state index in [9.17, 15) is 4.39 Å². The van der Waals surface area contributed by atoms with Crippen molar-refractivity contribution in [1.29, 1.82) is 0 Å². The summed E-state index contributed by atoms with van der Waals surface area (Å²) >= 11 is 0. The molecule has 66 valence electrons. The van der Waals surface area contributed by atoms with E-state index in [2.05, 4.69) is 5.10 Å². The Bertz CT molecular complexity index is 408. The van der Waals surface area contributed by atoms with Crippen LogP contribution in [0, 0.1) is 5.82 Å². The van der Waals surface area contributed by atoms with Crippen molar-refractivity contribution in [3.05, 3.63) is 42.3 Å². The van der Waals surface area contributed by atoms with Crippen LogP contribution in [0.4, 0.5) is 4.39 Å². The van der Waals surface area contributed by atoms with E-state index in [1.807, 2.05) is 0 Å². The lowest BCUT2D eigenvalue weighted by atomic mass is 10.3. The molecular weight excluding hydrogens is 171 g/mol. The molecule has 0 bridgehead atoms. The summed E-state index contributed by atoms with van der Waals surface area (Å²) in [5.41, 5.74) is 0.710. The van der Waals surface area contributed by atoms with E-state index in [0.717, 1.165) is 0 Å². The molecule has 3 nitrogen and oxygen atoms in total. The van der Waals surface area contributed by atoms with E-state index in [0.29, 0.717) is 5.69 Å². The number of benzene rings is 1. The molecule has 0 spiro atoms. The monoisotopic (exact) mass is 178 g/mol. The number of nitrogens with zero attached hydrogens (tertiary/aromatic N) is 2. The predicted octanol–water partition coefficient (Wildman–Crippen LogP) is 1.72. The van der Waals surface area contributed by atoms with E-state index >= 15 is 0 Å². The number of hydrogen-bond acceptors (Lipinski definition) is 2. The standard InChI is InChI=1S/C9H7FN2O/c10-7-1-3-8(4-2-7)12-6-5-9(13)11-12/h1-6H,(H,11,13). The van der Waals surface area contributed by atoms with Gasteiger partial charge in [0.15, 0.2) is 0 Å². The van der Waals surface area contributed by atoms with Gasteiger partial charge in [-0.05, 0) is 24.3 Å². The second-order valence-corrected chi connectivity index (χ2v) is 2.59. The van der Waals surface area contributed by atoms with Crippen LogP contribution in [-0.2, 0) is 0 Å². The van der Waals surface area contributed by atoms with Gasteiger partial charge in [-0.3, -0.25) is 0 Å². The fourth-order valence-corrected chi connectivity index (χ4v) is 1.05. The van der Waals surface area contributed by atoms with Gasteiger partial charge in [-0.25, -0.2) is 9.07 Å². The highest BCUT2D eigenvalue weighted by Gasteiger charge is 1.98. The molecule has 0 aliphatic carbocycles. The number of aromatic nitrogens is 2. The molecule has 2 aromatic rings. The molecule has 2 rings (SSSR count). The zero-order valence-electron chi connectivity index (χ0n) is 6.68. The highest BCUT2D eigenvalue weighted by atomic mass is 19.1. The second kappa shape index (κ2) is 2.90. The van der Waals surface area contributed by atoms with Gasteiger partial charge >= 0.3 is 0 Å². The van der Waals surface area contributed by atoms with Crippen LogP contribution in [0.2, 0.25) is 0 Å². The van der Waals surface area contributed by atoms with E-state index in [1.165, 1.54) is 22.9 Å². The summed E-state index contributed by atoms with van der Waals surface area (Å²) in [7, 11) is 0. The lowest BCUT2D eigenvalue weighted by Gasteiger charge is -1.98. The summed E-state index contributed by atoms with van der Waals surface area (Å²) in [5, 5.41) is 12.7. The molecular formula is C9H7FN2O. The lowest BCUT2D eigenvalue weighted by molar-refractivity contribution is 0.448. The molecule has 4 heteroatoms. The van der Waals surface area contributed by atoms with E-state index in [-0.39, 0.29) is 11.7 Å². The Balaban J connectivity index is 2.41. The first-order valence-electron chi connectivity index (χ1n) is 3.76. The van der Waals surface area contributed by atoms with Crippen molar-refractivity contribution in [2.45, 2.75) is 0 Å². The molecule has 1 heterocycles. The van der Waals surface area contributed by atoms with Crippen LogP contribution in [0.5, 0.6) is 5.88 Å². The summed E-state index contributed by atoms with van der Waals surface area (Å²) in [6.07, 6.45) is 1.60. The number of aromatic hydroxyl groups is 1. The molecule has 0 saturated carbocycles. The van der Waals surface area contributed by atoms with Crippen LogP contribution in [-0.4, -0.2) is 14.9 Å². The fraction of sp³-hybridized carbons (Fsp3) is 0. The number of halogens is 1. The molecule has 0 atom stereocenters. The molecule has 1 aromatic heterocycles. The summed E-state index contributed by atoms with van der Waals surface area (Å²) < 4.78 is 14.0. The second-order valence-electron chi connectivity index (χ2n) is 2.59. The van der Waals surface area contributed by atoms with Gasteiger partial charge in [0.25, 0.3) is 0 Å². The maximum Gasteiger partial charge on any atom is 0.230 e. The Labute approximate surface area is 74.1 Å². The normalized spacial score (nSPS) is 10.2. The van der Waals surface area contributed by atoms with Crippen LogP contribution < -0.4 is 0 Å². The van der Waals surface area contributed by atoms with Gasteiger partial charge in [0.1, 0.15) is 5.82 Å².